The molecule has 8 heteroatoms. The molecule has 3 aromatic rings. The van der Waals surface area contributed by atoms with Gasteiger partial charge in [0.15, 0.2) is 0 Å². The second-order valence-electron chi connectivity index (χ2n) is 10.9. The summed E-state index contributed by atoms with van der Waals surface area (Å²) in [5.41, 5.74) is 4.71. The summed E-state index contributed by atoms with van der Waals surface area (Å²) in [4.78, 5) is 7.36. The highest BCUT2D eigenvalue weighted by molar-refractivity contribution is 6.76. The Kier molecular flexibility index (Phi) is 6.24. The maximum atomic E-state index is 6.11. The van der Waals surface area contributed by atoms with E-state index in [0.29, 0.717) is 6.73 Å². The smallest absolute Gasteiger partial charge is 0.144 e. The number of pyridine rings is 1. The van der Waals surface area contributed by atoms with Crippen molar-refractivity contribution in [3.8, 4) is 11.1 Å². The van der Waals surface area contributed by atoms with Gasteiger partial charge < -0.3 is 19.5 Å². The summed E-state index contributed by atoms with van der Waals surface area (Å²) in [5, 5.41) is 13.2. The van der Waals surface area contributed by atoms with Crippen molar-refractivity contribution < 1.29 is 4.74 Å². The van der Waals surface area contributed by atoms with Gasteiger partial charge in [0, 0.05) is 62.5 Å². The van der Waals surface area contributed by atoms with Crippen LogP contribution in [0.25, 0.3) is 22.2 Å². The molecule has 5 rings (SSSR count). The maximum Gasteiger partial charge on any atom is 0.144 e. The number of anilines is 1. The minimum atomic E-state index is -1.12. The van der Waals surface area contributed by atoms with Crippen molar-refractivity contribution in [3.05, 3.63) is 36.9 Å². The zero-order valence-electron chi connectivity index (χ0n) is 20.2. The molecule has 0 amide bonds. The Morgan fingerprint density at radius 3 is 2.79 bits per heavy atom. The number of aromatic nitrogens is 4. The summed E-state index contributed by atoms with van der Waals surface area (Å²) in [5.74, 6) is 0. The van der Waals surface area contributed by atoms with Crippen LogP contribution in [0.4, 0.5) is 5.69 Å². The van der Waals surface area contributed by atoms with Gasteiger partial charge in [-0.05, 0) is 44.0 Å². The molecule has 1 spiro atoms. The number of hydrogen-bond donors (Lipinski definition) is 1. The van der Waals surface area contributed by atoms with Crippen LogP contribution in [0.2, 0.25) is 25.7 Å². The third-order valence-electron chi connectivity index (χ3n) is 7.13. The lowest BCUT2D eigenvalue weighted by Gasteiger charge is -2.35. The minimum absolute atomic E-state index is 0.259. The first-order valence-corrected chi connectivity index (χ1v) is 16.0. The Morgan fingerprint density at radius 2 is 2.03 bits per heavy atom. The molecule has 2 aliphatic rings. The molecular formula is C25H36N6OSi. The third kappa shape index (κ3) is 4.83. The lowest BCUT2D eigenvalue weighted by atomic mass is 9.88. The Bertz CT molecular complexity index is 1090. The lowest BCUT2D eigenvalue weighted by Crippen LogP contribution is -2.50. The molecule has 7 nitrogen and oxygen atoms in total. The molecule has 1 atom stereocenters. The van der Waals surface area contributed by atoms with E-state index in [1.165, 1.54) is 36.8 Å². The van der Waals surface area contributed by atoms with Gasteiger partial charge in [-0.3, -0.25) is 0 Å². The van der Waals surface area contributed by atoms with E-state index in [0.717, 1.165) is 49.1 Å². The normalized spacial score (nSPS) is 21.4. The second-order valence-corrected chi connectivity index (χ2v) is 16.5. The summed E-state index contributed by atoms with van der Waals surface area (Å²) < 4.78 is 8.27. The highest BCUT2D eigenvalue weighted by atomic mass is 28.3. The molecule has 0 radical (unpaired) electrons. The molecule has 3 aromatic heterocycles. The van der Waals surface area contributed by atoms with Crippen molar-refractivity contribution in [3.63, 3.8) is 0 Å². The topological polar surface area (TPSA) is 68.1 Å². The van der Waals surface area contributed by atoms with E-state index in [-0.39, 0.29) is 5.54 Å². The van der Waals surface area contributed by atoms with Crippen LogP contribution in [0, 0.1) is 0 Å². The largest absolute Gasteiger partial charge is 0.369 e. The van der Waals surface area contributed by atoms with E-state index in [2.05, 4.69) is 56.9 Å². The van der Waals surface area contributed by atoms with E-state index < -0.39 is 8.07 Å². The van der Waals surface area contributed by atoms with Gasteiger partial charge in [-0.25, -0.2) is 4.98 Å². The molecule has 33 heavy (non-hydrogen) atoms. The van der Waals surface area contributed by atoms with Crippen molar-refractivity contribution in [1.82, 2.24) is 25.1 Å². The lowest BCUT2D eigenvalue weighted by molar-refractivity contribution is 0.0899. The summed E-state index contributed by atoms with van der Waals surface area (Å²) >= 11 is 0. The standard InChI is InChI=1S/C25H36N6OSi/c1-33(2,3)15-14-32-19-31-17-21(20-6-12-28-29-16-20)23-22(7-11-26-24(23)31)30-13-9-25(18-30)8-4-5-10-27-25/h6-7,11-12,16-17,27H,4-5,8-10,13-15,18-19H2,1-3H3. The predicted octanol–water partition coefficient (Wildman–Crippen LogP) is 4.53. The van der Waals surface area contributed by atoms with Gasteiger partial charge in [0.25, 0.3) is 0 Å². The van der Waals surface area contributed by atoms with E-state index in [9.17, 15) is 0 Å². The Labute approximate surface area is 197 Å². The van der Waals surface area contributed by atoms with E-state index in [4.69, 9.17) is 9.72 Å². The van der Waals surface area contributed by atoms with Crippen LogP contribution in [0.1, 0.15) is 25.7 Å². The molecule has 5 heterocycles. The first kappa shape index (κ1) is 22.5. The quantitative estimate of drug-likeness (QED) is 0.409. The number of fused-ring (bicyclic) bond motifs is 1. The molecule has 0 saturated carbocycles. The third-order valence-corrected chi connectivity index (χ3v) is 8.84. The SMILES string of the molecule is C[Si](C)(C)CCOCn1cc(-c2ccnnc2)c2c(N3CCC4(CCCCN4)C3)ccnc21. The van der Waals surface area contributed by atoms with Crippen molar-refractivity contribution in [2.45, 2.75) is 63.6 Å². The molecule has 2 fully saturated rings. The number of rotatable bonds is 7. The summed E-state index contributed by atoms with van der Waals surface area (Å²) in [6, 6.07) is 5.37. The molecule has 0 bridgehead atoms. The molecular weight excluding hydrogens is 428 g/mol. The summed E-state index contributed by atoms with van der Waals surface area (Å²) in [7, 11) is -1.12. The maximum absolute atomic E-state index is 6.11. The first-order chi connectivity index (χ1) is 15.9. The van der Waals surface area contributed by atoms with E-state index in [1.807, 2.05) is 18.5 Å². The Hall–Kier alpha value is -2.29. The molecule has 0 aromatic carbocycles. The summed E-state index contributed by atoms with van der Waals surface area (Å²) in [6.07, 6.45) is 12.8. The van der Waals surface area contributed by atoms with Crippen molar-refractivity contribution >= 4 is 24.8 Å². The fourth-order valence-electron chi connectivity index (χ4n) is 5.23. The van der Waals surface area contributed by atoms with Crippen LogP contribution in [0.15, 0.2) is 36.9 Å². The van der Waals surface area contributed by atoms with Gasteiger partial charge >= 0.3 is 0 Å². The predicted molar refractivity (Wildman–Crippen MR) is 136 cm³/mol. The van der Waals surface area contributed by atoms with Crippen LogP contribution in [-0.4, -0.2) is 59.6 Å². The van der Waals surface area contributed by atoms with Gasteiger partial charge in [0.05, 0.1) is 17.8 Å². The van der Waals surface area contributed by atoms with Crippen LogP contribution in [0.5, 0.6) is 0 Å². The number of ether oxygens (including phenoxy) is 1. The zero-order valence-corrected chi connectivity index (χ0v) is 21.2. The molecule has 1 unspecified atom stereocenters. The number of nitrogens with zero attached hydrogens (tertiary/aromatic N) is 5. The fraction of sp³-hybridized carbons (Fsp3) is 0.560. The molecule has 176 valence electrons. The van der Waals surface area contributed by atoms with E-state index >= 15 is 0 Å². The highest BCUT2D eigenvalue weighted by Crippen LogP contribution is 2.40. The number of nitrogens with one attached hydrogen (secondary N) is 1. The summed E-state index contributed by atoms with van der Waals surface area (Å²) in [6.45, 7) is 11.7. The molecule has 1 N–H and O–H groups in total. The Balaban J connectivity index is 1.49. The highest BCUT2D eigenvalue weighted by Gasteiger charge is 2.39. The average Bonchev–Trinajstić information content (AvgIpc) is 3.39. The average molecular weight is 465 g/mol. The monoisotopic (exact) mass is 464 g/mol. The fourth-order valence-corrected chi connectivity index (χ4v) is 5.98. The van der Waals surface area contributed by atoms with Gasteiger partial charge in [-0.15, -0.1) is 0 Å². The Morgan fingerprint density at radius 1 is 1.12 bits per heavy atom. The van der Waals surface area contributed by atoms with Crippen molar-refractivity contribution in [2.24, 2.45) is 0 Å². The number of hydrogen-bond acceptors (Lipinski definition) is 6. The number of piperidine rings is 1. The van der Waals surface area contributed by atoms with Gasteiger partial charge in [0.1, 0.15) is 12.4 Å². The van der Waals surface area contributed by atoms with Crippen LogP contribution >= 0.6 is 0 Å². The zero-order chi connectivity index (χ0) is 22.9. The second kappa shape index (κ2) is 9.16. The van der Waals surface area contributed by atoms with Crippen LogP contribution in [0.3, 0.4) is 0 Å². The molecule has 0 aliphatic carbocycles. The van der Waals surface area contributed by atoms with Crippen LogP contribution in [-0.2, 0) is 11.5 Å². The van der Waals surface area contributed by atoms with E-state index in [1.54, 1.807) is 6.20 Å². The van der Waals surface area contributed by atoms with Gasteiger partial charge in [-0.2, -0.15) is 10.2 Å². The van der Waals surface area contributed by atoms with Crippen molar-refractivity contribution in [2.75, 3.05) is 31.1 Å². The van der Waals surface area contributed by atoms with Crippen LogP contribution < -0.4 is 10.2 Å². The first-order valence-electron chi connectivity index (χ1n) is 12.3. The van der Waals surface area contributed by atoms with Gasteiger partial charge in [-0.1, -0.05) is 26.1 Å². The molecule has 2 aliphatic heterocycles. The minimum Gasteiger partial charge on any atom is -0.369 e. The molecule has 2 saturated heterocycles. The van der Waals surface area contributed by atoms with Gasteiger partial charge in [0.2, 0.25) is 0 Å². The van der Waals surface area contributed by atoms with Crippen molar-refractivity contribution in [1.29, 1.82) is 0 Å².